The van der Waals surface area contributed by atoms with Crippen molar-refractivity contribution in [2.24, 2.45) is 0 Å². The maximum absolute atomic E-state index is 5.38. The van der Waals surface area contributed by atoms with E-state index in [2.05, 4.69) is 20.6 Å². The van der Waals surface area contributed by atoms with Crippen LogP contribution in [0.3, 0.4) is 0 Å². The highest BCUT2D eigenvalue weighted by Gasteiger charge is 2.14. The van der Waals surface area contributed by atoms with Crippen LogP contribution in [-0.2, 0) is 11.3 Å². The van der Waals surface area contributed by atoms with Gasteiger partial charge in [-0.05, 0) is 31.3 Å². The molecule has 106 valence electrons. The van der Waals surface area contributed by atoms with Gasteiger partial charge in [0.15, 0.2) is 5.82 Å². The molecule has 6 heteroatoms. The van der Waals surface area contributed by atoms with Gasteiger partial charge in [0.05, 0.1) is 0 Å². The van der Waals surface area contributed by atoms with Crippen molar-refractivity contribution in [3.63, 3.8) is 0 Å². The molecule has 0 bridgehead atoms. The van der Waals surface area contributed by atoms with Gasteiger partial charge in [-0.3, -0.25) is 0 Å². The summed E-state index contributed by atoms with van der Waals surface area (Å²) < 4.78 is 5.38. The van der Waals surface area contributed by atoms with Crippen LogP contribution in [0.15, 0.2) is 6.07 Å². The summed E-state index contributed by atoms with van der Waals surface area (Å²) in [7, 11) is 1.87. The number of hydrogen-bond acceptors (Lipinski definition) is 6. The van der Waals surface area contributed by atoms with E-state index in [1.807, 2.05) is 31.8 Å². The minimum absolute atomic E-state index is 0.460. The second kappa shape index (κ2) is 7.55. The van der Waals surface area contributed by atoms with E-state index >= 15 is 0 Å². The fourth-order valence-electron chi connectivity index (χ4n) is 2.01. The van der Waals surface area contributed by atoms with E-state index in [4.69, 9.17) is 4.74 Å². The highest BCUT2D eigenvalue weighted by Crippen LogP contribution is 2.21. The van der Waals surface area contributed by atoms with Crippen molar-refractivity contribution >= 4 is 23.4 Å². The molecule has 2 N–H and O–H groups in total. The van der Waals surface area contributed by atoms with Crippen molar-refractivity contribution in [3.05, 3.63) is 11.9 Å². The SMILES string of the molecule is CCOCc1nc(NC)cc(NC2CCSCC2)n1. The molecular formula is C13H22N4OS. The van der Waals surface area contributed by atoms with Crippen LogP contribution in [0, 0.1) is 0 Å². The minimum atomic E-state index is 0.460. The zero-order valence-electron chi connectivity index (χ0n) is 11.6. The van der Waals surface area contributed by atoms with E-state index in [1.165, 1.54) is 24.3 Å². The van der Waals surface area contributed by atoms with Crippen LogP contribution >= 0.6 is 11.8 Å². The lowest BCUT2D eigenvalue weighted by atomic mass is 10.1. The lowest BCUT2D eigenvalue weighted by molar-refractivity contribution is 0.128. The Morgan fingerprint density at radius 1 is 1.32 bits per heavy atom. The van der Waals surface area contributed by atoms with Crippen molar-refractivity contribution in [2.75, 3.05) is 35.8 Å². The van der Waals surface area contributed by atoms with Gasteiger partial charge in [-0.1, -0.05) is 0 Å². The average molecular weight is 282 g/mol. The summed E-state index contributed by atoms with van der Waals surface area (Å²) in [5.41, 5.74) is 0. The third kappa shape index (κ3) is 4.54. The molecule has 0 aliphatic carbocycles. The number of nitrogens with one attached hydrogen (secondary N) is 2. The Balaban J connectivity index is 2.04. The molecule has 0 unspecified atom stereocenters. The first kappa shape index (κ1) is 14.4. The summed E-state index contributed by atoms with van der Waals surface area (Å²) in [5.74, 6) is 4.91. The molecule has 5 nitrogen and oxygen atoms in total. The molecule has 1 aliphatic heterocycles. The number of rotatable bonds is 6. The van der Waals surface area contributed by atoms with E-state index < -0.39 is 0 Å². The Kier molecular flexibility index (Phi) is 5.72. The average Bonchev–Trinajstić information content (AvgIpc) is 2.46. The molecule has 19 heavy (non-hydrogen) atoms. The second-order valence-corrected chi connectivity index (χ2v) is 5.70. The number of anilines is 2. The van der Waals surface area contributed by atoms with E-state index in [0.29, 0.717) is 19.3 Å². The Hall–Kier alpha value is -1.01. The normalized spacial score (nSPS) is 16.3. The number of hydrogen-bond donors (Lipinski definition) is 2. The van der Waals surface area contributed by atoms with Gasteiger partial charge in [-0.25, -0.2) is 9.97 Å². The van der Waals surface area contributed by atoms with Gasteiger partial charge < -0.3 is 15.4 Å². The van der Waals surface area contributed by atoms with E-state index in [0.717, 1.165) is 17.5 Å². The number of aromatic nitrogens is 2. The maximum atomic E-state index is 5.38. The summed E-state index contributed by atoms with van der Waals surface area (Å²) in [6, 6.07) is 2.48. The highest BCUT2D eigenvalue weighted by atomic mass is 32.2. The molecule has 0 aromatic carbocycles. The predicted molar refractivity (Wildman–Crippen MR) is 80.9 cm³/mol. The van der Waals surface area contributed by atoms with Gasteiger partial charge in [0.2, 0.25) is 0 Å². The van der Waals surface area contributed by atoms with Crippen molar-refractivity contribution in [1.82, 2.24) is 9.97 Å². The second-order valence-electron chi connectivity index (χ2n) is 4.47. The van der Waals surface area contributed by atoms with Crippen LogP contribution in [0.2, 0.25) is 0 Å². The lowest BCUT2D eigenvalue weighted by Crippen LogP contribution is -2.25. The van der Waals surface area contributed by atoms with Crippen LogP contribution in [0.4, 0.5) is 11.6 Å². The molecule has 1 aromatic rings. The standard InChI is InChI=1S/C13H22N4OS/c1-3-18-9-13-16-11(14-2)8-12(17-13)15-10-4-6-19-7-5-10/h8,10H,3-7,9H2,1-2H3,(H2,14,15,16,17). The van der Waals surface area contributed by atoms with Crippen molar-refractivity contribution < 1.29 is 4.74 Å². The number of thioether (sulfide) groups is 1. The molecule has 0 saturated carbocycles. The van der Waals surface area contributed by atoms with Crippen LogP contribution < -0.4 is 10.6 Å². The van der Waals surface area contributed by atoms with E-state index in [9.17, 15) is 0 Å². The Bertz CT molecular complexity index is 396. The summed E-state index contributed by atoms with van der Waals surface area (Å²) in [6.45, 7) is 3.11. The molecule has 0 radical (unpaired) electrons. The molecule has 0 atom stereocenters. The third-order valence-electron chi connectivity index (χ3n) is 3.04. The number of nitrogens with zero attached hydrogens (tertiary/aromatic N) is 2. The summed E-state index contributed by atoms with van der Waals surface area (Å²) in [5, 5.41) is 6.58. The van der Waals surface area contributed by atoms with Crippen LogP contribution in [0.1, 0.15) is 25.6 Å². The van der Waals surface area contributed by atoms with Gasteiger partial charge in [0, 0.05) is 25.8 Å². The summed E-state index contributed by atoms with van der Waals surface area (Å²) in [4.78, 5) is 8.91. The van der Waals surface area contributed by atoms with Crippen molar-refractivity contribution in [1.29, 1.82) is 0 Å². The molecule has 2 rings (SSSR count). The van der Waals surface area contributed by atoms with Crippen LogP contribution in [-0.4, -0.2) is 41.2 Å². The minimum Gasteiger partial charge on any atom is -0.374 e. The number of ether oxygens (including phenoxy) is 1. The Labute approximate surface area is 118 Å². The largest absolute Gasteiger partial charge is 0.374 e. The van der Waals surface area contributed by atoms with Crippen molar-refractivity contribution in [2.45, 2.75) is 32.4 Å². The summed E-state index contributed by atoms with van der Waals surface area (Å²) >= 11 is 2.03. The molecule has 1 fully saturated rings. The Morgan fingerprint density at radius 3 is 2.74 bits per heavy atom. The maximum Gasteiger partial charge on any atom is 0.158 e. The Morgan fingerprint density at radius 2 is 2.05 bits per heavy atom. The van der Waals surface area contributed by atoms with E-state index in [1.54, 1.807) is 0 Å². The first-order valence-corrected chi connectivity index (χ1v) is 7.95. The van der Waals surface area contributed by atoms with Gasteiger partial charge in [-0.2, -0.15) is 11.8 Å². The zero-order valence-corrected chi connectivity index (χ0v) is 12.4. The molecule has 1 saturated heterocycles. The first-order valence-electron chi connectivity index (χ1n) is 6.79. The first-order chi connectivity index (χ1) is 9.31. The quantitative estimate of drug-likeness (QED) is 0.835. The molecule has 1 aliphatic rings. The molecule has 2 heterocycles. The zero-order chi connectivity index (χ0) is 13.5. The fraction of sp³-hybridized carbons (Fsp3) is 0.692. The van der Waals surface area contributed by atoms with Gasteiger partial charge in [-0.15, -0.1) is 0 Å². The highest BCUT2D eigenvalue weighted by molar-refractivity contribution is 7.99. The lowest BCUT2D eigenvalue weighted by Gasteiger charge is -2.23. The summed E-state index contributed by atoms with van der Waals surface area (Å²) in [6.07, 6.45) is 2.40. The molecule has 0 spiro atoms. The van der Waals surface area contributed by atoms with E-state index in [-0.39, 0.29) is 0 Å². The molecular weight excluding hydrogens is 260 g/mol. The van der Waals surface area contributed by atoms with Crippen LogP contribution in [0.5, 0.6) is 0 Å². The third-order valence-corrected chi connectivity index (χ3v) is 4.09. The molecule has 0 amide bonds. The van der Waals surface area contributed by atoms with Crippen molar-refractivity contribution in [3.8, 4) is 0 Å². The smallest absolute Gasteiger partial charge is 0.158 e. The van der Waals surface area contributed by atoms with Gasteiger partial charge in [0.1, 0.15) is 18.2 Å². The van der Waals surface area contributed by atoms with Crippen LogP contribution in [0.25, 0.3) is 0 Å². The van der Waals surface area contributed by atoms with Gasteiger partial charge >= 0.3 is 0 Å². The predicted octanol–water partition coefficient (Wildman–Crippen LogP) is 2.36. The van der Waals surface area contributed by atoms with Gasteiger partial charge in [0.25, 0.3) is 0 Å². The molecule has 1 aromatic heterocycles. The monoisotopic (exact) mass is 282 g/mol. The topological polar surface area (TPSA) is 59.1 Å². The fourth-order valence-corrected chi connectivity index (χ4v) is 3.11.